The average Bonchev–Trinajstić information content (AvgIpc) is 2.37. The van der Waals surface area contributed by atoms with Gasteiger partial charge in [-0.2, -0.15) is 8.78 Å². The molecule has 5 heteroatoms. The minimum absolute atomic E-state index is 0.00857. The van der Waals surface area contributed by atoms with Crippen LogP contribution in [-0.2, 0) is 4.79 Å². The second-order valence-corrected chi connectivity index (χ2v) is 4.81. The summed E-state index contributed by atoms with van der Waals surface area (Å²) in [5.74, 6) is 0.416. The lowest BCUT2D eigenvalue weighted by Gasteiger charge is -2.38. The second kappa shape index (κ2) is 5.55. The van der Waals surface area contributed by atoms with Crippen LogP contribution in [0.15, 0.2) is 24.3 Å². The fourth-order valence-electron chi connectivity index (χ4n) is 2.38. The Kier molecular flexibility index (Phi) is 4.02. The monoisotopic (exact) mass is 269 g/mol. The van der Waals surface area contributed by atoms with E-state index in [9.17, 15) is 13.6 Å². The van der Waals surface area contributed by atoms with Gasteiger partial charge in [0.2, 0.25) is 0 Å². The Morgan fingerprint density at radius 2 is 1.89 bits per heavy atom. The topological polar surface area (TPSA) is 29.5 Å². The van der Waals surface area contributed by atoms with Crippen molar-refractivity contribution >= 4 is 11.5 Å². The van der Waals surface area contributed by atoms with Crippen LogP contribution in [0, 0.1) is 5.92 Å². The molecule has 0 amide bonds. The first kappa shape index (κ1) is 13.8. The molecule has 0 bridgehead atoms. The van der Waals surface area contributed by atoms with Crippen molar-refractivity contribution in [3.05, 3.63) is 24.3 Å². The van der Waals surface area contributed by atoms with E-state index >= 15 is 0 Å². The van der Waals surface area contributed by atoms with Crippen molar-refractivity contribution < 1.29 is 18.3 Å². The smallest absolute Gasteiger partial charge is 0.387 e. The van der Waals surface area contributed by atoms with Gasteiger partial charge in [-0.05, 0) is 31.2 Å². The predicted octanol–water partition coefficient (Wildman–Crippen LogP) is 3.09. The number of hydrogen-bond donors (Lipinski definition) is 0. The third-order valence-corrected chi connectivity index (χ3v) is 3.72. The zero-order chi connectivity index (χ0) is 14.0. The SMILES string of the molecule is CC1C(=O)CCN(c2ccc(OC(F)F)cc2)C1C. The lowest BCUT2D eigenvalue weighted by molar-refractivity contribution is -0.123. The van der Waals surface area contributed by atoms with E-state index in [-0.39, 0.29) is 23.5 Å². The number of anilines is 1. The van der Waals surface area contributed by atoms with Crippen molar-refractivity contribution in [1.82, 2.24) is 0 Å². The Bertz CT molecular complexity index is 447. The minimum Gasteiger partial charge on any atom is -0.435 e. The van der Waals surface area contributed by atoms with E-state index in [0.29, 0.717) is 13.0 Å². The number of ether oxygens (including phenoxy) is 1. The third kappa shape index (κ3) is 3.03. The molecule has 2 rings (SSSR count). The lowest BCUT2D eigenvalue weighted by atomic mass is 9.90. The number of halogens is 2. The number of ketones is 1. The van der Waals surface area contributed by atoms with E-state index < -0.39 is 6.61 Å². The summed E-state index contributed by atoms with van der Waals surface area (Å²) in [4.78, 5) is 13.7. The van der Waals surface area contributed by atoms with E-state index in [0.717, 1.165) is 5.69 Å². The molecule has 0 saturated carbocycles. The molecule has 2 unspecified atom stereocenters. The molecule has 0 spiro atoms. The van der Waals surface area contributed by atoms with Crippen LogP contribution in [0.5, 0.6) is 5.75 Å². The molecule has 0 N–H and O–H groups in total. The highest BCUT2D eigenvalue weighted by Gasteiger charge is 2.30. The van der Waals surface area contributed by atoms with Crippen LogP contribution in [-0.4, -0.2) is 25.0 Å². The summed E-state index contributed by atoms with van der Waals surface area (Å²) in [6.07, 6.45) is 0.529. The average molecular weight is 269 g/mol. The number of carbonyl (C=O) groups is 1. The molecule has 1 saturated heterocycles. The maximum absolute atomic E-state index is 12.1. The molecule has 1 aliphatic rings. The van der Waals surface area contributed by atoms with E-state index in [1.54, 1.807) is 12.1 Å². The highest BCUT2D eigenvalue weighted by molar-refractivity contribution is 5.84. The van der Waals surface area contributed by atoms with Gasteiger partial charge in [-0.15, -0.1) is 0 Å². The van der Waals surface area contributed by atoms with Crippen LogP contribution >= 0.6 is 0 Å². The highest BCUT2D eigenvalue weighted by atomic mass is 19.3. The number of hydrogen-bond acceptors (Lipinski definition) is 3. The van der Waals surface area contributed by atoms with E-state index in [4.69, 9.17) is 0 Å². The molecular weight excluding hydrogens is 252 g/mol. The molecule has 3 nitrogen and oxygen atoms in total. The van der Waals surface area contributed by atoms with Crippen molar-refractivity contribution in [2.45, 2.75) is 32.9 Å². The van der Waals surface area contributed by atoms with Crippen LogP contribution in [0.3, 0.4) is 0 Å². The summed E-state index contributed by atoms with van der Waals surface area (Å²) >= 11 is 0. The van der Waals surface area contributed by atoms with Crippen LogP contribution in [0.1, 0.15) is 20.3 Å². The molecule has 1 heterocycles. The molecule has 1 fully saturated rings. The number of piperidine rings is 1. The normalized spacial score (nSPS) is 23.8. The molecule has 1 aromatic rings. The van der Waals surface area contributed by atoms with Crippen LogP contribution in [0.25, 0.3) is 0 Å². The van der Waals surface area contributed by atoms with Gasteiger partial charge in [0.05, 0.1) is 0 Å². The molecule has 0 radical (unpaired) electrons. The molecule has 19 heavy (non-hydrogen) atoms. The van der Waals surface area contributed by atoms with Crippen LogP contribution in [0.2, 0.25) is 0 Å². The first-order valence-electron chi connectivity index (χ1n) is 6.33. The predicted molar refractivity (Wildman–Crippen MR) is 68.7 cm³/mol. The molecular formula is C14H17F2NO2. The van der Waals surface area contributed by atoms with Gasteiger partial charge < -0.3 is 9.64 Å². The lowest BCUT2D eigenvalue weighted by Crippen LogP contribution is -2.46. The third-order valence-electron chi connectivity index (χ3n) is 3.72. The molecule has 1 aliphatic heterocycles. The highest BCUT2D eigenvalue weighted by Crippen LogP contribution is 2.28. The van der Waals surface area contributed by atoms with Gasteiger partial charge >= 0.3 is 6.61 Å². The zero-order valence-electron chi connectivity index (χ0n) is 11.0. The largest absolute Gasteiger partial charge is 0.435 e. The Balaban J connectivity index is 2.11. The van der Waals surface area contributed by atoms with Gasteiger partial charge in [-0.25, -0.2) is 0 Å². The van der Waals surface area contributed by atoms with Crippen LogP contribution in [0.4, 0.5) is 14.5 Å². The van der Waals surface area contributed by atoms with E-state index in [2.05, 4.69) is 9.64 Å². The Hall–Kier alpha value is -1.65. The first-order chi connectivity index (χ1) is 8.99. The van der Waals surface area contributed by atoms with Crippen molar-refractivity contribution in [2.24, 2.45) is 5.92 Å². The summed E-state index contributed by atoms with van der Waals surface area (Å²) in [6, 6.07) is 6.65. The van der Waals surface area contributed by atoms with Gasteiger partial charge in [0, 0.05) is 30.6 Å². The maximum atomic E-state index is 12.1. The van der Waals surface area contributed by atoms with Crippen LogP contribution < -0.4 is 9.64 Å². The molecule has 2 atom stereocenters. The Morgan fingerprint density at radius 3 is 2.47 bits per heavy atom. The van der Waals surface area contributed by atoms with Gasteiger partial charge in [-0.1, -0.05) is 6.92 Å². The second-order valence-electron chi connectivity index (χ2n) is 4.81. The summed E-state index contributed by atoms with van der Waals surface area (Å²) in [7, 11) is 0. The maximum Gasteiger partial charge on any atom is 0.387 e. The number of carbonyl (C=O) groups excluding carboxylic acids is 1. The van der Waals surface area contributed by atoms with Crippen molar-refractivity contribution in [3.8, 4) is 5.75 Å². The van der Waals surface area contributed by atoms with E-state index in [1.165, 1.54) is 12.1 Å². The van der Waals surface area contributed by atoms with Gasteiger partial charge in [0.1, 0.15) is 11.5 Å². The first-order valence-corrected chi connectivity index (χ1v) is 6.33. The van der Waals surface area contributed by atoms with Crippen molar-refractivity contribution in [3.63, 3.8) is 0 Å². The molecule has 1 aromatic carbocycles. The number of alkyl halides is 2. The summed E-state index contributed by atoms with van der Waals surface area (Å²) in [5.41, 5.74) is 0.925. The summed E-state index contributed by atoms with van der Waals surface area (Å²) in [6.45, 7) is 1.79. The number of rotatable bonds is 3. The number of benzene rings is 1. The Morgan fingerprint density at radius 1 is 1.26 bits per heavy atom. The summed E-state index contributed by atoms with van der Waals surface area (Å²) < 4.78 is 28.4. The van der Waals surface area contributed by atoms with E-state index in [1.807, 2.05) is 13.8 Å². The molecule has 0 aromatic heterocycles. The number of nitrogens with zero attached hydrogens (tertiary/aromatic N) is 1. The zero-order valence-corrected chi connectivity index (χ0v) is 11.0. The van der Waals surface area contributed by atoms with Gasteiger partial charge in [0.15, 0.2) is 0 Å². The quantitative estimate of drug-likeness (QED) is 0.844. The minimum atomic E-state index is -2.81. The fraction of sp³-hybridized carbons (Fsp3) is 0.500. The van der Waals surface area contributed by atoms with Crippen molar-refractivity contribution in [2.75, 3.05) is 11.4 Å². The Labute approximate surface area is 111 Å². The van der Waals surface area contributed by atoms with Gasteiger partial charge in [0.25, 0.3) is 0 Å². The summed E-state index contributed by atoms with van der Waals surface area (Å²) in [5, 5.41) is 0. The standard InChI is InChI=1S/C14H17F2NO2/c1-9-10(2)17(8-7-13(9)18)11-3-5-12(6-4-11)19-14(15)16/h3-6,9-10,14H,7-8H2,1-2H3. The van der Waals surface area contributed by atoms with Gasteiger partial charge in [-0.3, -0.25) is 4.79 Å². The molecule has 0 aliphatic carbocycles. The fourth-order valence-corrected chi connectivity index (χ4v) is 2.38. The van der Waals surface area contributed by atoms with Crippen molar-refractivity contribution in [1.29, 1.82) is 0 Å². The molecule has 104 valence electrons. The number of Topliss-reactive ketones (excluding diaryl/α,β-unsaturated/α-hetero) is 1.